The number of nitrogens with zero attached hydrogens (tertiary/aromatic N) is 2. The van der Waals surface area contributed by atoms with Gasteiger partial charge in [-0.05, 0) is 36.8 Å². The van der Waals surface area contributed by atoms with Gasteiger partial charge >= 0.3 is 0 Å². The molecular formula is C17H16FN3O2S2. The second-order valence-electron chi connectivity index (χ2n) is 5.48. The Kier molecular flexibility index (Phi) is 5.22. The van der Waals surface area contributed by atoms with Crippen LogP contribution in [0.2, 0.25) is 0 Å². The molecule has 0 fully saturated rings. The van der Waals surface area contributed by atoms with E-state index in [1.54, 1.807) is 18.5 Å². The molecule has 130 valence electrons. The van der Waals surface area contributed by atoms with Crippen LogP contribution < -0.4 is 4.72 Å². The smallest absolute Gasteiger partial charge is 0.216 e. The number of aryl methyl sites for hydroxylation is 1. The van der Waals surface area contributed by atoms with Crippen LogP contribution in [-0.2, 0) is 22.3 Å². The quantitative estimate of drug-likeness (QED) is 0.716. The Morgan fingerprint density at radius 2 is 2.08 bits per heavy atom. The van der Waals surface area contributed by atoms with Crippen LogP contribution in [0.5, 0.6) is 0 Å². The molecule has 1 aromatic carbocycles. The summed E-state index contributed by atoms with van der Waals surface area (Å²) in [4.78, 5) is 9.37. The second kappa shape index (κ2) is 7.38. The van der Waals surface area contributed by atoms with Crippen molar-refractivity contribution in [1.29, 1.82) is 0 Å². The maximum Gasteiger partial charge on any atom is 0.216 e. The Morgan fingerprint density at radius 3 is 2.80 bits per heavy atom. The van der Waals surface area contributed by atoms with Crippen LogP contribution in [0.15, 0.2) is 48.8 Å². The van der Waals surface area contributed by atoms with E-state index in [0.29, 0.717) is 5.56 Å². The van der Waals surface area contributed by atoms with Crippen molar-refractivity contribution in [2.24, 2.45) is 0 Å². The predicted octanol–water partition coefficient (Wildman–Crippen LogP) is 3.27. The van der Waals surface area contributed by atoms with E-state index in [4.69, 9.17) is 0 Å². The molecule has 0 saturated carbocycles. The van der Waals surface area contributed by atoms with Crippen LogP contribution in [0.3, 0.4) is 0 Å². The maximum atomic E-state index is 13.2. The third kappa shape index (κ3) is 4.68. The Morgan fingerprint density at radius 1 is 1.24 bits per heavy atom. The molecule has 8 heteroatoms. The van der Waals surface area contributed by atoms with Crippen molar-refractivity contribution < 1.29 is 12.8 Å². The molecule has 0 unspecified atom stereocenters. The monoisotopic (exact) mass is 377 g/mol. The first-order chi connectivity index (χ1) is 11.9. The highest BCUT2D eigenvalue weighted by atomic mass is 32.2. The van der Waals surface area contributed by atoms with E-state index in [9.17, 15) is 12.8 Å². The predicted molar refractivity (Wildman–Crippen MR) is 95.9 cm³/mol. The molecule has 25 heavy (non-hydrogen) atoms. The molecule has 0 spiro atoms. The van der Waals surface area contributed by atoms with E-state index in [0.717, 1.165) is 21.1 Å². The van der Waals surface area contributed by atoms with Gasteiger partial charge in [0.2, 0.25) is 10.0 Å². The standard InChI is InChI=1S/C17H16FN3O2S2/c1-12-16(24-17(21-12)14-5-3-7-19-9-14)10-20-25(22,23)11-13-4-2-6-15(18)8-13/h2-9,20H,10-11H2,1H3. The summed E-state index contributed by atoms with van der Waals surface area (Å²) in [6.07, 6.45) is 3.40. The van der Waals surface area contributed by atoms with E-state index >= 15 is 0 Å². The molecule has 0 aliphatic rings. The zero-order chi connectivity index (χ0) is 17.9. The lowest BCUT2D eigenvalue weighted by atomic mass is 10.2. The lowest BCUT2D eigenvalue weighted by Gasteiger charge is -2.06. The number of hydrogen-bond acceptors (Lipinski definition) is 5. The third-order valence-corrected chi connectivity index (χ3v) is 6.00. The van der Waals surface area contributed by atoms with Crippen molar-refractivity contribution in [2.75, 3.05) is 0 Å². The number of nitrogens with one attached hydrogen (secondary N) is 1. The van der Waals surface area contributed by atoms with Crippen molar-refractivity contribution in [3.05, 3.63) is 70.7 Å². The van der Waals surface area contributed by atoms with Gasteiger partial charge < -0.3 is 0 Å². The number of halogens is 1. The minimum absolute atomic E-state index is 0.154. The summed E-state index contributed by atoms with van der Waals surface area (Å²) < 4.78 is 40.2. The van der Waals surface area contributed by atoms with Crippen molar-refractivity contribution in [3.8, 4) is 10.6 Å². The van der Waals surface area contributed by atoms with Gasteiger partial charge in [-0.15, -0.1) is 11.3 Å². The number of thiazole rings is 1. The van der Waals surface area contributed by atoms with Crippen LogP contribution in [0.1, 0.15) is 16.1 Å². The molecule has 0 aliphatic heterocycles. The highest BCUT2D eigenvalue weighted by Gasteiger charge is 2.15. The SMILES string of the molecule is Cc1nc(-c2cccnc2)sc1CNS(=O)(=O)Cc1cccc(F)c1. The Bertz CT molecular complexity index is 973. The molecule has 0 saturated heterocycles. The van der Waals surface area contributed by atoms with Gasteiger partial charge in [0.25, 0.3) is 0 Å². The fourth-order valence-electron chi connectivity index (χ4n) is 2.28. The van der Waals surface area contributed by atoms with E-state index < -0.39 is 15.8 Å². The minimum atomic E-state index is -3.57. The summed E-state index contributed by atoms with van der Waals surface area (Å²) in [6.45, 7) is 1.99. The van der Waals surface area contributed by atoms with Gasteiger partial charge in [0.05, 0.1) is 11.4 Å². The topological polar surface area (TPSA) is 72.0 Å². The van der Waals surface area contributed by atoms with Crippen molar-refractivity contribution in [1.82, 2.24) is 14.7 Å². The van der Waals surface area contributed by atoms with Crippen molar-refractivity contribution >= 4 is 21.4 Å². The molecule has 2 aromatic heterocycles. The van der Waals surface area contributed by atoms with Crippen molar-refractivity contribution in [2.45, 2.75) is 19.2 Å². The normalized spacial score (nSPS) is 11.6. The number of sulfonamides is 1. The zero-order valence-electron chi connectivity index (χ0n) is 13.4. The summed E-state index contributed by atoms with van der Waals surface area (Å²) in [6, 6.07) is 9.31. The molecule has 0 atom stereocenters. The van der Waals surface area contributed by atoms with Gasteiger partial charge in [-0.25, -0.2) is 22.5 Å². The van der Waals surface area contributed by atoms with E-state index in [1.165, 1.54) is 29.5 Å². The minimum Gasteiger partial charge on any atom is -0.264 e. The summed E-state index contributed by atoms with van der Waals surface area (Å²) in [5.41, 5.74) is 2.08. The summed E-state index contributed by atoms with van der Waals surface area (Å²) in [5.74, 6) is -0.718. The Labute approximate surface area is 149 Å². The van der Waals surface area contributed by atoms with Crippen LogP contribution in [0.25, 0.3) is 10.6 Å². The van der Waals surface area contributed by atoms with Gasteiger partial charge in [-0.1, -0.05) is 12.1 Å². The number of pyridine rings is 1. The van der Waals surface area contributed by atoms with Crippen LogP contribution >= 0.6 is 11.3 Å². The average molecular weight is 377 g/mol. The van der Waals surface area contributed by atoms with Crippen LogP contribution in [-0.4, -0.2) is 18.4 Å². The average Bonchev–Trinajstić information content (AvgIpc) is 2.95. The lowest BCUT2D eigenvalue weighted by molar-refractivity contribution is 0.580. The molecule has 5 nitrogen and oxygen atoms in total. The van der Waals surface area contributed by atoms with Crippen LogP contribution in [0, 0.1) is 12.7 Å². The first-order valence-electron chi connectivity index (χ1n) is 7.51. The number of benzene rings is 1. The molecule has 0 amide bonds. The molecule has 3 rings (SSSR count). The first kappa shape index (κ1) is 17.7. The largest absolute Gasteiger partial charge is 0.264 e. The van der Waals surface area contributed by atoms with Gasteiger partial charge in [0.15, 0.2) is 0 Å². The number of hydrogen-bond donors (Lipinski definition) is 1. The van der Waals surface area contributed by atoms with Gasteiger partial charge in [-0.3, -0.25) is 4.98 Å². The van der Waals surface area contributed by atoms with Gasteiger partial charge in [-0.2, -0.15) is 0 Å². The molecule has 0 radical (unpaired) electrons. The van der Waals surface area contributed by atoms with Gasteiger partial charge in [0, 0.05) is 29.4 Å². The second-order valence-corrected chi connectivity index (χ2v) is 8.37. The molecule has 2 heterocycles. The van der Waals surface area contributed by atoms with Crippen LogP contribution in [0.4, 0.5) is 4.39 Å². The summed E-state index contributed by atoms with van der Waals surface area (Å²) >= 11 is 1.42. The first-order valence-corrected chi connectivity index (χ1v) is 9.98. The Balaban J connectivity index is 1.70. The summed E-state index contributed by atoms with van der Waals surface area (Å²) in [7, 11) is -3.57. The molecule has 0 aliphatic carbocycles. The van der Waals surface area contributed by atoms with E-state index in [-0.39, 0.29) is 12.3 Å². The Hall–Kier alpha value is -2.16. The highest BCUT2D eigenvalue weighted by molar-refractivity contribution is 7.88. The van der Waals surface area contributed by atoms with Crippen molar-refractivity contribution in [3.63, 3.8) is 0 Å². The molecule has 1 N–H and O–H groups in total. The molecular weight excluding hydrogens is 361 g/mol. The number of rotatable bonds is 6. The zero-order valence-corrected chi connectivity index (χ0v) is 15.1. The van der Waals surface area contributed by atoms with E-state index in [2.05, 4.69) is 14.7 Å². The highest BCUT2D eigenvalue weighted by Crippen LogP contribution is 2.27. The lowest BCUT2D eigenvalue weighted by Crippen LogP contribution is -2.24. The van der Waals surface area contributed by atoms with E-state index in [1.807, 2.05) is 19.1 Å². The fraction of sp³-hybridized carbons (Fsp3) is 0.176. The fourth-order valence-corrected chi connectivity index (χ4v) is 4.45. The van der Waals surface area contributed by atoms with Gasteiger partial charge in [0.1, 0.15) is 10.8 Å². The summed E-state index contributed by atoms with van der Waals surface area (Å²) in [5, 5.41) is 0.796. The molecule has 3 aromatic rings. The third-order valence-electron chi connectivity index (χ3n) is 3.50. The maximum absolute atomic E-state index is 13.2. The molecule has 0 bridgehead atoms. The number of aromatic nitrogens is 2.